The van der Waals surface area contributed by atoms with Gasteiger partial charge in [-0.1, -0.05) is 24.3 Å². The summed E-state index contributed by atoms with van der Waals surface area (Å²) in [6.07, 6.45) is 1.19. The lowest BCUT2D eigenvalue weighted by molar-refractivity contribution is -0.117. The Morgan fingerprint density at radius 3 is 2.61 bits per heavy atom. The number of Topliss-reactive ketones (excluding diaryl/α,β-unsaturated/α-hetero) is 1. The van der Waals surface area contributed by atoms with E-state index in [1.807, 2.05) is 6.07 Å². The SMILES string of the molecule is CC(=O)CCCNc1cccc2c(S(=O)(=O)N=[N+]=[N-])cccc12. The number of sulfonamides is 1. The molecule has 0 bridgehead atoms. The molecule has 0 spiro atoms. The minimum absolute atomic E-state index is 0.0276. The maximum absolute atomic E-state index is 12.0. The highest BCUT2D eigenvalue weighted by Gasteiger charge is 2.16. The van der Waals surface area contributed by atoms with Crippen LogP contribution < -0.4 is 5.32 Å². The Bertz CT molecular complexity index is 887. The summed E-state index contributed by atoms with van der Waals surface area (Å²) in [4.78, 5) is 13.3. The van der Waals surface area contributed by atoms with E-state index in [0.717, 1.165) is 5.69 Å². The normalized spacial score (nSPS) is 11.0. The van der Waals surface area contributed by atoms with Crippen LogP contribution in [-0.4, -0.2) is 20.7 Å². The number of nitrogens with one attached hydrogen (secondary N) is 1. The zero-order chi connectivity index (χ0) is 16.9. The number of nitrogens with zero attached hydrogens (tertiary/aromatic N) is 3. The molecule has 23 heavy (non-hydrogen) atoms. The quantitative estimate of drug-likeness (QED) is 0.361. The highest BCUT2D eigenvalue weighted by molar-refractivity contribution is 7.90. The second-order valence-electron chi connectivity index (χ2n) is 5.04. The summed E-state index contributed by atoms with van der Waals surface area (Å²) < 4.78 is 26.9. The fourth-order valence-corrected chi connectivity index (χ4v) is 3.20. The van der Waals surface area contributed by atoms with Crippen LogP contribution in [0.4, 0.5) is 5.69 Å². The lowest BCUT2D eigenvalue weighted by Crippen LogP contribution is -2.04. The maximum atomic E-state index is 12.0. The van der Waals surface area contributed by atoms with E-state index >= 15 is 0 Å². The van der Waals surface area contributed by atoms with Crippen molar-refractivity contribution in [1.82, 2.24) is 0 Å². The molecule has 0 atom stereocenters. The molecule has 1 N–H and O–H groups in total. The Morgan fingerprint density at radius 1 is 1.22 bits per heavy atom. The molecule has 2 rings (SSSR count). The molecule has 2 aromatic carbocycles. The van der Waals surface area contributed by atoms with Gasteiger partial charge in [0.05, 0.1) is 4.90 Å². The van der Waals surface area contributed by atoms with Gasteiger partial charge in [-0.25, -0.2) is 8.42 Å². The topological polar surface area (TPSA) is 112 Å². The Balaban J connectivity index is 2.39. The molecule has 0 aromatic heterocycles. The molecule has 0 fully saturated rings. The number of benzene rings is 2. The van der Waals surface area contributed by atoms with E-state index < -0.39 is 10.0 Å². The van der Waals surface area contributed by atoms with E-state index in [9.17, 15) is 13.2 Å². The van der Waals surface area contributed by atoms with E-state index in [1.165, 1.54) is 6.07 Å². The van der Waals surface area contributed by atoms with Gasteiger partial charge < -0.3 is 10.1 Å². The lowest BCUT2D eigenvalue weighted by atomic mass is 10.1. The van der Waals surface area contributed by atoms with Gasteiger partial charge in [0.25, 0.3) is 10.0 Å². The van der Waals surface area contributed by atoms with Gasteiger partial charge in [0, 0.05) is 38.9 Å². The average Bonchev–Trinajstić information content (AvgIpc) is 2.50. The first-order valence-electron chi connectivity index (χ1n) is 7.02. The van der Waals surface area contributed by atoms with Gasteiger partial charge in [-0.05, 0) is 31.0 Å². The van der Waals surface area contributed by atoms with Gasteiger partial charge in [-0.3, -0.25) is 0 Å². The highest BCUT2D eigenvalue weighted by Crippen LogP contribution is 2.29. The first-order valence-corrected chi connectivity index (χ1v) is 8.46. The zero-order valence-electron chi connectivity index (χ0n) is 12.6. The molecule has 0 unspecified atom stereocenters. The van der Waals surface area contributed by atoms with Crippen LogP contribution in [-0.2, 0) is 14.8 Å². The van der Waals surface area contributed by atoms with E-state index in [1.54, 1.807) is 31.2 Å². The molecule has 7 nitrogen and oxygen atoms in total. The molecular formula is C15H16N4O3S. The van der Waals surface area contributed by atoms with Crippen molar-refractivity contribution in [2.75, 3.05) is 11.9 Å². The molecular weight excluding hydrogens is 316 g/mol. The maximum Gasteiger partial charge on any atom is 0.264 e. The van der Waals surface area contributed by atoms with Gasteiger partial charge in [0.2, 0.25) is 0 Å². The van der Waals surface area contributed by atoms with Gasteiger partial charge in [0.15, 0.2) is 0 Å². The summed E-state index contributed by atoms with van der Waals surface area (Å²) in [5, 5.41) is 4.40. The second-order valence-corrected chi connectivity index (χ2v) is 6.59. The molecule has 0 heterocycles. The summed E-state index contributed by atoms with van der Waals surface area (Å²) in [5.74, 6) is 0.132. The summed E-state index contributed by atoms with van der Waals surface area (Å²) in [5.41, 5.74) is 9.18. The number of rotatable bonds is 7. The van der Waals surface area contributed by atoms with E-state index in [0.29, 0.717) is 30.2 Å². The fraction of sp³-hybridized carbons (Fsp3) is 0.267. The molecule has 0 saturated heterocycles. The van der Waals surface area contributed by atoms with Crippen molar-refractivity contribution in [2.45, 2.75) is 24.7 Å². The van der Waals surface area contributed by atoms with E-state index in [2.05, 4.69) is 14.7 Å². The molecule has 2 aromatic rings. The van der Waals surface area contributed by atoms with E-state index in [4.69, 9.17) is 5.53 Å². The molecule has 8 heteroatoms. The third-order valence-electron chi connectivity index (χ3n) is 3.33. The van der Waals surface area contributed by atoms with Crippen molar-refractivity contribution in [3.8, 4) is 0 Å². The molecule has 120 valence electrons. The molecule has 0 radical (unpaired) electrons. The van der Waals surface area contributed by atoms with Crippen molar-refractivity contribution in [3.63, 3.8) is 0 Å². The summed E-state index contributed by atoms with van der Waals surface area (Å²) in [6.45, 7) is 2.15. The lowest BCUT2D eigenvalue weighted by Gasteiger charge is -2.11. The summed E-state index contributed by atoms with van der Waals surface area (Å²) in [7, 11) is -4.05. The van der Waals surface area contributed by atoms with Gasteiger partial charge in [-0.15, -0.1) is 0 Å². The first kappa shape index (κ1) is 16.8. The Labute approximate surface area is 134 Å². The number of hydrogen-bond acceptors (Lipinski definition) is 4. The van der Waals surface area contributed by atoms with Crippen molar-refractivity contribution < 1.29 is 13.2 Å². The van der Waals surface area contributed by atoms with Crippen LogP contribution in [0.2, 0.25) is 0 Å². The minimum Gasteiger partial charge on any atom is -0.385 e. The first-order chi connectivity index (χ1) is 11.0. The van der Waals surface area contributed by atoms with Crippen LogP contribution in [0, 0.1) is 0 Å². The van der Waals surface area contributed by atoms with Crippen LogP contribution in [0.5, 0.6) is 0 Å². The van der Waals surface area contributed by atoms with Crippen molar-refractivity contribution in [3.05, 3.63) is 46.8 Å². The average molecular weight is 332 g/mol. The number of ketones is 1. The molecule has 0 amide bonds. The van der Waals surface area contributed by atoms with Gasteiger partial charge in [-0.2, -0.15) is 0 Å². The largest absolute Gasteiger partial charge is 0.385 e. The number of carbonyl (C=O) groups is 1. The van der Waals surface area contributed by atoms with Crippen LogP contribution in [0.15, 0.2) is 45.8 Å². The van der Waals surface area contributed by atoms with Crippen molar-refractivity contribution in [2.24, 2.45) is 4.52 Å². The Hall–Kier alpha value is -2.57. The van der Waals surface area contributed by atoms with Crippen molar-refractivity contribution >= 4 is 32.3 Å². The van der Waals surface area contributed by atoms with Crippen LogP contribution >= 0.6 is 0 Å². The van der Waals surface area contributed by atoms with Gasteiger partial charge in [0.1, 0.15) is 5.78 Å². The zero-order valence-corrected chi connectivity index (χ0v) is 13.4. The van der Waals surface area contributed by atoms with Crippen LogP contribution in [0.25, 0.3) is 21.2 Å². The van der Waals surface area contributed by atoms with Gasteiger partial charge >= 0.3 is 0 Å². The smallest absolute Gasteiger partial charge is 0.264 e. The predicted molar refractivity (Wildman–Crippen MR) is 88.7 cm³/mol. The van der Waals surface area contributed by atoms with E-state index in [-0.39, 0.29) is 10.7 Å². The third kappa shape index (κ3) is 4.00. The number of fused-ring (bicyclic) bond motifs is 1. The monoisotopic (exact) mass is 332 g/mol. The second kappa shape index (κ2) is 7.13. The number of anilines is 1. The molecule has 0 aliphatic heterocycles. The fourth-order valence-electron chi connectivity index (χ4n) is 2.31. The van der Waals surface area contributed by atoms with Crippen LogP contribution in [0.1, 0.15) is 19.8 Å². The highest BCUT2D eigenvalue weighted by atomic mass is 32.2. The predicted octanol–water partition coefficient (Wildman–Crippen LogP) is 3.62. The van der Waals surface area contributed by atoms with Crippen molar-refractivity contribution in [1.29, 1.82) is 0 Å². The molecule has 0 saturated carbocycles. The Kier molecular flexibility index (Phi) is 5.20. The molecule has 0 aliphatic rings. The number of carbonyl (C=O) groups excluding carboxylic acids is 1. The summed E-state index contributed by atoms with van der Waals surface area (Å²) >= 11 is 0. The minimum atomic E-state index is -4.05. The standard InChI is InChI=1S/C15H16N4O3S/c1-11(20)5-4-10-17-14-8-2-7-13-12(14)6-3-9-15(13)23(21,22)19-18-16/h2-3,6-9,17H,4-5,10H2,1H3. The summed E-state index contributed by atoms with van der Waals surface area (Å²) in [6, 6.07) is 10.0. The molecule has 0 aliphatic carbocycles. The third-order valence-corrected chi connectivity index (χ3v) is 4.52. The number of azide groups is 1. The van der Waals surface area contributed by atoms with Crippen LogP contribution in [0.3, 0.4) is 0 Å². The number of hydrogen-bond donors (Lipinski definition) is 1. The Morgan fingerprint density at radius 2 is 1.91 bits per heavy atom.